The number of aromatic nitrogens is 3. The number of rotatable bonds is 5. The molecule has 0 radical (unpaired) electrons. The van der Waals surface area contributed by atoms with Crippen molar-refractivity contribution >= 4 is 23.1 Å². The predicted octanol–water partition coefficient (Wildman–Crippen LogP) is 4.00. The van der Waals surface area contributed by atoms with Gasteiger partial charge in [0.15, 0.2) is 17.4 Å². The van der Waals surface area contributed by atoms with Gasteiger partial charge in [0.1, 0.15) is 18.1 Å². The number of benzene rings is 1. The number of nitrogens with zero attached hydrogens (tertiary/aromatic N) is 5. The van der Waals surface area contributed by atoms with E-state index in [0.29, 0.717) is 43.4 Å². The van der Waals surface area contributed by atoms with Crippen molar-refractivity contribution in [3.63, 3.8) is 0 Å². The summed E-state index contributed by atoms with van der Waals surface area (Å²) in [6, 6.07) is 6.85. The van der Waals surface area contributed by atoms with Crippen LogP contribution in [-0.4, -0.2) is 60.4 Å². The van der Waals surface area contributed by atoms with Crippen LogP contribution in [0.15, 0.2) is 36.7 Å². The summed E-state index contributed by atoms with van der Waals surface area (Å²) in [6.45, 7) is 8.07. The lowest BCUT2D eigenvalue weighted by atomic mass is 10.1. The summed E-state index contributed by atoms with van der Waals surface area (Å²) in [6.07, 6.45) is 2.83. The third-order valence-electron chi connectivity index (χ3n) is 5.92. The van der Waals surface area contributed by atoms with Gasteiger partial charge in [0.2, 0.25) is 5.95 Å². The van der Waals surface area contributed by atoms with Gasteiger partial charge in [-0.25, -0.2) is 23.7 Å². The van der Waals surface area contributed by atoms with E-state index in [2.05, 4.69) is 25.2 Å². The number of pyridine rings is 1. The first-order valence-corrected chi connectivity index (χ1v) is 11.3. The highest BCUT2D eigenvalue weighted by molar-refractivity contribution is 5.73. The highest BCUT2D eigenvalue weighted by Gasteiger charge is 2.25. The standard InChI is InChI=1S/C24H26F2N6O2/c1-15(2)32-7-10-34-23-18(25)11-16(12-20(23)32)22-19(26)14-28-24(30-22)29-21-4-3-17(13-27-21)31-5-8-33-9-6-31/h3-4,11-15H,5-10H2,1-2H3,(H,27,28,29,30). The fraction of sp³-hybridized carbons (Fsp3) is 0.375. The number of hydrogen-bond acceptors (Lipinski definition) is 8. The van der Waals surface area contributed by atoms with Gasteiger partial charge in [-0.15, -0.1) is 0 Å². The van der Waals surface area contributed by atoms with Crippen LogP contribution in [0.2, 0.25) is 0 Å². The maximum atomic E-state index is 14.9. The maximum absolute atomic E-state index is 14.9. The molecule has 2 aliphatic heterocycles. The minimum atomic E-state index is -0.645. The van der Waals surface area contributed by atoms with E-state index in [4.69, 9.17) is 9.47 Å². The average Bonchev–Trinajstić information content (AvgIpc) is 2.86. The van der Waals surface area contributed by atoms with Gasteiger partial charge in [-0.1, -0.05) is 0 Å². The van der Waals surface area contributed by atoms with E-state index in [0.717, 1.165) is 25.0 Å². The molecule has 3 aromatic rings. The predicted molar refractivity (Wildman–Crippen MR) is 126 cm³/mol. The Bertz CT molecular complexity index is 1170. The molecule has 1 fully saturated rings. The summed E-state index contributed by atoms with van der Waals surface area (Å²) in [4.78, 5) is 17.0. The molecule has 34 heavy (non-hydrogen) atoms. The molecule has 0 saturated carbocycles. The second-order valence-corrected chi connectivity index (χ2v) is 8.46. The van der Waals surface area contributed by atoms with Crippen molar-refractivity contribution in [1.29, 1.82) is 0 Å². The van der Waals surface area contributed by atoms with E-state index in [1.807, 2.05) is 30.9 Å². The first kappa shape index (κ1) is 22.3. The lowest BCUT2D eigenvalue weighted by Gasteiger charge is -2.34. The lowest BCUT2D eigenvalue weighted by Crippen LogP contribution is -2.38. The van der Waals surface area contributed by atoms with E-state index < -0.39 is 11.6 Å². The molecular formula is C24H26F2N6O2. The van der Waals surface area contributed by atoms with Crippen molar-refractivity contribution < 1.29 is 18.3 Å². The molecule has 0 unspecified atom stereocenters. The Morgan fingerprint density at radius 1 is 0.971 bits per heavy atom. The molecule has 1 saturated heterocycles. The van der Waals surface area contributed by atoms with Crippen LogP contribution in [0.1, 0.15) is 13.8 Å². The monoisotopic (exact) mass is 468 g/mol. The summed E-state index contributed by atoms with van der Waals surface area (Å²) < 4.78 is 40.5. The Hall–Kier alpha value is -3.53. The number of halogens is 2. The topological polar surface area (TPSA) is 75.6 Å². The van der Waals surface area contributed by atoms with Crippen LogP contribution in [0, 0.1) is 11.6 Å². The Labute approximate surface area is 196 Å². The molecule has 0 amide bonds. The van der Waals surface area contributed by atoms with E-state index in [1.165, 1.54) is 6.07 Å². The molecule has 1 N–H and O–H groups in total. The molecule has 8 nitrogen and oxygen atoms in total. The van der Waals surface area contributed by atoms with Crippen molar-refractivity contribution in [3.05, 3.63) is 48.3 Å². The first-order valence-electron chi connectivity index (χ1n) is 11.3. The number of anilines is 4. The zero-order chi connectivity index (χ0) is 23.7. The van der Waals surface area contributed by atoms with Crippen molar-refractivity contribution in [3.8, 4) is 17.0 Å². The summed E-state index contributed by atoms with van der Waals surface area (Å²) in [5.74, 6) is -0.330. The third-order valence-corrected chi connectivity index (χ3v) is 5.92. The lowest BCUT2D eigenvalue weighted by molar-refractivity contribution is 0.122. The van der Waals surface area contributed by atoms with Crippen LogP contribution < -0.4 is 19.9 Å². The van der Waals surface area contributed by atoms with E-state index in [1.54, 1.807) is 12.3 Å². The normalized spacial score (nSPS) is 15.8. The van der Waals surface area contributed by atoms with Crippen molar-refractivity contribution in [1.82, 2.24) is 15.0 Å². The van der Waals surface area contributed by atoms with Gasteiger partial charge in [0.05, 0.1) is 43.5 Å². The summed E-state index contributed by atoms with van der Waals surface area (Å²) in [5.41, 5.74) is 1.89. The van der Waals surface area contributed by atoms with E-state index >= 15 is 0 Å². The minimum absolute atomic E-state index is 0.00147. The van der Waals surface area contributed by atoms with Crippen LogP contribution in [0.4, 0.5) is 31.9 Å². The molecule has 10 heteroatoms. The van der Waals surface area contributed by atoms with Gasteiger partial charge in [-0.2, -0.15) is 0 Å². The van der Waals surface area contributed by atoms with Crippen LogP contribution in [-0.2, 0) is 4.74 Å². The van der Waals surface area contributed by atoms with Gasteiger partial charge in [0, 0.05) is 24.7 Å². The zero-order valence-corrected chi connectivity index (χ0v) is 19.1. The number of nitrogens with one attached hydrogen (secondary N) is 1. The molecule has 4 heterocycles. The molecule has 0 atom stereocenters. The molecule has 1 aromatic carbocycles. The third kappa shape index (κ3) is 4.45. The summed E-state index contributed by atoms with van der Waals surface area (Å²) in [5, 5.41) is 3.00. The molecule has 5 rings (SSSR count). The smallest absolute Gasteiger partial charge is 0.229 e. The van der Waals surface area contributed by atoms with Crippen molar-refractivity contribution in [2.24, 2.45) is 0 Å². The van der Waals surface area contributed by atoms with Gasteiger partial charge < -0.3 is 24.6 Å². The second kappa shape index (κ2) is 9.38. The Balaban J connectivity index is 1.41. The van der Waals surface area contributed by atoms with E-state index in [9.17, 15) is 8.78 Å². The Morgan fingerprint density at radius 3 is 2.53 bits per heavy atom. The van der Waals surface area contributed by atoms with E-state index in [-0.39, 0.29) is 23.4 Å². The van der Waals surface area contributed by atoms with Crippen molar-refractivity contribution in [2.45, 2.75) is 19.9 Å². The highest BCUT2D eigenvalue weighted by Crippen LogP contribution is 2.39. The average molecular weight is 469 g/mol. The molecule has 2 aromatic heterocycles. The number of morpholine rings is 1. The quantitative estimate of drug-likeness (QED) is 0.602. The molecule has 178 valence electrons. The second-order valence-electron chi connectivity index (χ2n) is 8.46. The maximum Gasteiger partial charge on any atom is 0.229 e. The molecule has 0 bridgehead atoms. The number of fused-ring (bicyclic) bond motifs is 1. The van der Waals surface area contributed by atoms with Gasteiger partial charge >= 0.3 is 0 Å². The number of hydrogen-bond donors (Lipinski definition) is 1. The van der Waals surface area contributed by atoms with Crippen LogP contribution in [0.25, 0.3) is 11.3 Å². The van der Waals surface area contributed by atoms with Gasteiger partial charge in [-0.05, 0) is 38.1 Å². The first-order chi connectivity index (χ1) is 16.5. The summed E-state index contributed by atoms with van der Waals surface area (Å²) in [7, 11) is 0. The molecule has 0 aliphatic carbocycles. The van der Waals surface area contributed by atoms with Crippen LogP contribution >= 0.6 is 0 Å². The zero-order valence-electron chi connectivity index (χ0n) is 19.1. The Kier molecular flexibility index (Phi) is 6.14. The molecular weight excluding hydrogens is 442 g/mol. The SMILES string of the molecule is CC(C)N1CCOc2c(F)cc(-c3nc(Nc4ccc(N5CCOCC5)cn4)ncc3F)cc21. The molecule has 2 aliphatic rings. The fourth-order valence-electron chi connectivity index (χ4n) is 4.19. The van der Waals surface area contributed by atoms with Crippen molar-refractivity contribution in [2.75, 3.05) is 54.6 Å². The van der Waals surface area contributed by atoms with Gasteiger partial charge in [-0.3, -0.25) is 0 Å². The summed E-state index contributed by atoms with van der Waals surface area (Å²) >= 11 is 0. The molecule has 0 spiro atoms. The Morgan fingerprint density at radius 2 is 1.79 bits per heavy atom. The highest BCUT2D eigenvalue weighted by atomic mass is 19.1. The largest absolute Gasteiger partial charge is 0.486 e. The van der Waals surface area contributed by atoms with Gasteiger partial charge in [0.25, 0.3) is 0 Å². The van der Waals surface area contributed by atoms with Crippen LogP contribution in [0.5, 0.6) is 5.75 Å². The van der Waals surface area contributed by atoms with Crippen LogP contribution in [0.3, 0.4) is 0 Å². The fourth-order valence-corrected chi connectivity index (χ4v) is 4.19. The minimum Gasteiger partial charge on any atom is -0.486 e. The number of ether oxygens (including phenoxy) is 2.